The first-order valence-corrected chi connectivity index (χ1v) is 9.30. The van der Waals surface area contributed by atoms with E-state index < -0.39 is 10.0 Å². The summed E-state index contributed by atoms with van der Waals surface area (Å²) in [4.78, 5) is 25.7. The molecule has 1 aliphatic rings. The van der Waals surface area contributed by atoms with Gasteiger partial charge in [0.1, 0.15) is 0 Å². The fourth-order valence-electron chi connectivity index (χ4n) is 3.09. The number of sulfonamides is 1. The molecule has 1 heterocycles. The Morgan fingerprint density at radius 3 is 2.61 bits per heavy atom. The molecule has 1 atom stereocenters. The van der Waals surface area contributed by atoms with E-state index in [-0.39, 0.29) is 23.4 Å². The highest BCUT2D eigenvalue weighted by Gasteiger charge is 2.27. The molecule has 1 aliphatic heterocycles. The standard InChI is InChI=1S/C16H22N2O4S/c1-11-8-14(5-6-15(11)12(2)19)16(20)18-7-3-4-13(9-18)10-23(17,21)22/h5-6,8,13H,3-4,7,9-10H2,1-2H3,(H2,17,21,22). The largest absolute Gasteiger partial charge is 0.338 e. The normalized spacial score (nSPS) is 18.7. The lowest BCUT2D eigenvalue weighted by Gasteiger charge is -2.32. The highest BCUT2D eigenvalue weighted by molar-refractivity contribution is 7.89. The highest BCUT2D eigenvalue weighted by Crippen LogP contribution is 2.21. The molecule has 1 fully saturated rings. The lowest BCUT2D eigenvalue weighted by atomic mass is 9.98. The molecule has 0 spiro atoms. The first-order valence-electron chi connectivity index (χ1n) is 7.58. The Morgan fingerprint density at radius 1 is 1.35 bits per heavy atom. The van der Waals surface area contributed by atoms with Gasteiger partial charge in [-0.1, -0.05) is 6.07 Å². The third-order valence-electron chi connectivity index (χ3n) is 4.13. The van der Waals surface area contributed by atoms with Gasteiger partial charge in [0.25, 0.3) is 5.91 Å². The fraction of sp³-hybridized carbons (Fsp3) is 0.500. The third kappa shape index (κ3) is 4.62. The second-order valence-electron chi connectivity index (χ2n) is 6.17. The maximum absolute atomic E-state index is 12.6. The average molecular weight is 338 g/mol. The van der Waals surface area contributed by atoms with Crippen LogP contribution >= 0.6 is 0 Å². The van der Waals surface area contributed by atoms with Crippen molar-refractivity contribution in [3.63, 3.8) is 0 Å². The number of ketones is 1. The predicted molar refractivity (Wildman–Crippen MR) is 87.8 cm³/mol. The van der Waals surface area contributed by atoms with Crippen LogP contribution in [0.4, 0.5) is 0 Å². The number of hydrogen-bond acceptors (Lipinski definition) is 4. The van der Waals surface area contributed by atoms with E-state index in [2.05, 4.69) is 0 Å². The molecule has 1 aromatic rings. The zero-order chi connectivity index (χ0) is 17.2. The Morgan fingerprint density at radius 2 is 2.04 bits per heavy atom. The van der Waals surface area contributed by atoms with Gasteiger partial charge in [-0.2, -0.15) is 0 Å². The second kappa shape index (κ2) is 6.80. The number of aryl methyl sites for hydroxylation is 1. The van der Waals surface area contributed by atoms with Crippen molar-refractivity contribution >= 4 is 21.7 Å². The van der Waals surface area contributed by atoms with Crippen molar-refractivity contribution in [2.45, 2.75) is 26.7 Å². The summed E-state index contributed by atoms with van der Waals surface area (Å²) >= 11 is 0. The lowest BCUT2D eigenvalue weighted by Crippen LogP contribution is -2.42. The molecule has 0 aliphatic carbocycles. The van der Waals surface area contributed by atoms with Gasteiger partial charge in [-0.15, -0.1) is 0 Å². The Balaban J connectivity index is 2.13. The van der Waals surface area contributed by atoms with Gasteiger partial charge in [-0.3, -0.25) is 9.59 Å². The van der Waals surface area contributed by atoms with Crippen molar-refractivity contribution in [1.29, 1.82) is 0 Å². The van der Waals surface area contributed by atoms with E-state index in [9.17, 15) is 18.0 Å². The average Bonchev–Trinajstić information content (AvgIpc) is 2.44. The zero-order valence-electron chi connectivity index (χ0n) is 13.4. The molecule has 1 unspecified atom stereocenters. The maximum atomic E-state index is 12.6. The second-order valence-corrected chi connectivity index (χ2v) is 7.83. The van der Waals surface area contributed by atoms with Gasteiger partial charge in [0.2, 0.25) is 10.0 Å². The molecule has 7 heteroatoms. The van der Waals surface area contributed by atoms with Crippen LogP contribution in [-0.2, 0) is 10.0 Å². The van der Waals surface area contributed by atoms with Crippen molar-refractivity contribution < 1.29 is 18.0 Å². The number of hydrogen-bond donors (Lipinski definition) is 1. The van der Waals surface area contributed by atoms with E-state index in [1.54, 1.807) is 30.0 Å². The molecular weight excluding hydrogens is 316 g/mol. The summed E-state index contributed by atoms with van der Waals surface area (Å²) in [6.07, 6.45) is 1.51. The molecule has 23 heavy (non-hydrogen) atoms. The highest BCUT2D eigenvalue weighted by atomic mass is 32.2. The topological polar surface area (TPSA) is 97.5 Å². The first-order chi connectivity index (χ1) is 10.7. The van der Waals surface area contributed by atoms with Crippen LogP contribution in [-0.4, -0.2) is 43.9 Å². The molecule has 2 rings (SSSR count). The number of carbonyl (C=O) groups is 2. The van der Waals surface area contributed by atoms with Crippen LogP contribution in [0.2, 0.25) is 0 Å². The monoisotopic (exact) mass is 338 g/mol. The van der Waals surface area contributed by atoms with Crippen molar-refractivity contribution in [2.75, 3.05) is 18.8 Å². The Labute approximate surface area is 136 Å². The Hall–Kier alpha value is -1.73. The van der Waals surface area contributed by atoms with E-state index in [1.165, 1.54) is 6.92 Å². The van der Waals surface area contributed by atoms with E-state index in [0.717, 1.165) is 18.4 Å². The number of piperidine rings is 1. The lowest BCUT2D eigenvalue weighted by molar-refractivity contribution is 0.0684. The first kappa shape index (κ1) is 17.6. The van der Waals surface area contributed by atoms with Crippen LogP contribution < -0.4 is 5.14 Å². The summed E-state index contributed by atoms with van der Waals surface area (Å²) < 4.78 is 22.5. The molecule has 1 amide bonds. The van der Waals surface area contributed by atoms with Crippen LogP contribution in [0.3, 0.4) is 0 Å². The smallest absolute Gasteiger partial charge is 0.253 e. The van der Waals surface area contributed by atoms with Gasteiger partial charge in [-0.05, 0) is 50.3 Å². The van der Waals surface area contributed by atoms with Crippen LogP contribution in [0.25, 0.3) is 0 Å². The van der Waals surface area contributed by atoms with Crippen LogP contribution in [0.1, 0.15) is 46.0 Å². The zero-order valence-corrected chi connectivity index (χ0v) is 14.2. The molecule has 126 valence electrons. The van der Waals surface area contributed by atoms with Crippen molar-refractivity contribution in [1.82, 2.24) is 4.90 Å². The van der Waals surface area contributed by atoms with E-state index in [1.807, 2.05) is 0 Å². The number of nitrogens with two attached hydrogens (primary N) is 1. The minimum atomic E-state index is -3.53. The molecule has 6 nitrogen and oxygen atoms in total. The number of carbonyl (C=O) groups excluding carboxylic acids is 2. The minimum absolute atomic E-state index is 0.0345. The quantitative estimate of drug-likeness (QED) is 0.838. The fourth-order valence-corrected chi connectivity index (χ4v) is 4.02. The molecule has 0 radical (unpaired) electrons. The summed E-state index contributed by atoms with van der Waals surface area (Å²) in [5.41, 5.74) is 1.89. The van der Waals surface area contributed by atoms with Crippen LogP contribution in [0.15, 0.2) is 18.2 Å². The van der Waals surface area contributed by atoms with Crippen molar-refractivity contribution in [3.8, 4) is 0 Å². The third-order valence-corrected chi connectivity index (χ3v) is 5.06. The summed E-state index contributed by atoms with van der Waals surface area (Å²) in [6.45, 7) is 4.29. The van der Waals surface area contributed by atoms with Gasteiger partial charge < -0.3 is 4.90 Å². The molecule has 1 saturated heterocycles. The minimum Gasteiger partial charge on any atom is -0.338 e. The molecule has 0 saturated carbocycles. The molecule has 0 bridgehead atoms. The predicted octanol–water partition coefficient (Wildman–Crippen LogP) is 1.34. The Bertz CT molecular complexity index is 728. The Kier molecular flexibility index (Phi) is 5.21. The number of rotatable bonds is 4. The van der Waals surface area contributed by atoms with Gasteiger partial charge in [0, 0.05) is 24.2 Å². The summed E-state index contributed by atoms with van der Waals surface area (Å²) in [6, 6.07) is 5.02. The van der Waals surface area contributed by atoms with E-state index in [4.69, 9.17) is 5.14 Å². The number of likely N-dealkylation sites (tertiary alicyclic amines) is 1. The maximum Gasteiger partial charge on any atom is 0.253 e. The number of amides is 1. The SMILES string of the molecule is CC(=O)c1ccc(C(=O)N2CCCC(CS(N)(=O)=O)C2)cc1C. The number of nitrogens with zero attached hydrogens (tertiary/aromatic N) is 1. The molecule has 2 N–H and O–H groups in total. The number of primary sulfonamides is 1. The number of benzene rings is 1. The van der Waals surface area contributed by atoms with Crippen molar-refractivity contribution in [3.05, 3.63) is 34.9 Å². The molecular formula is C16H22N2O4S. The van der Waals surface area contributed by atoms with Crippen LogP contribution in [0.5, 0.6) is 0 Å². The van der Waals surface area contributed by atoms with Crippen molar-refractivity contribution in [2.24, 2.45) is 11.1 Å². The summed E-state index contributed by atoms with van der Waals surface area (Å²) in [5.74, 6) is -0.394. The van der Waals surface area contributed by atoms with Crippen LogP contribution in [0, 0.1) is 12.8 Å². The molecule has 0 aromatic heterocycles. The number of Topliss-reactive ketones (excluding diaryl/α,β-unsaturated/α-hetero) is 1. The van der Waals surface area contributed by atoms with Gasteiger partial charge >= 0.3 is 0 Å². The van der Waals surface area contributed by atoms with Gasteiger partial charge in [-0.25, -0.2) is 13.6 Å². The van der Waals surface area contributed by atoms with Gasteiger partial charge in [0.15, 0.2) is 5.78 Å². The molecule has 1 aromatic carbocycles. The summed E-state index contributed by atoms with van der Waals surface area (Å²) in [5, 5.41) is 5.10. The van der Waals surface area contributed by atoms with E-state index >= 15 is 0 Å². The summed E-state index contributed by atoms with van der Waals surface area (Å²) in [7, 11) is -3.53. The van der Waals surface area contributed by atoms with Gasteiger partial charge in [0.05, 0.1) is 5.75 Å². The van der Waals surface area contributed by atoms with E-state index in [0.29, 0.717) is 24.2 Å².